The maximum Gasteiger partial charge on any atom is 0.242 e. The molecule has 2 aliphatic rings. The molecule has 0 spiro atoms. The number of carbonyl (C=O) groups is 1. The molecule has 1 amide bonds. The van der Waals surface area contributed by atoms with Crippen molar-refractivity contribution in [3.05, 3.63) is 21.9 Å². The van der Waals surface area contributed by atoms with Crippen LogP contribution in [-0.4, -0.2) is 37.1 Å². The van der Waals surface area contributed by atoms with Gasteiger partial charge in [-0.2, -0.15) is 0 Å². The highest BCUT2D eigenvalue weighted by atomic mass is 32.1. The molecular weight excluding hydrogens is 260 g/mol. The number of amides is 1. The first kappa shape index (κ1) is 13.1. The second-order valence-electron chi connectivity index (χ2n) is 5.42. The number of nitrogens with two attached hydrogens (primary N) is 1. The first-order valence-electron chi connectivity index (χ1n) is 6.83. The van der Waals surface area contributed by atoms with Crippen LogP contribution in [0.1, 0.15) is 29.3 Å². The van der Waals surface area contributed by atoms with E-state index in [4.69, 9.17) is 10.5 Å². The molecule has 1 aliphatic carbocycles. The van der Waals surface area contributed by atoms with Crippen molar-refractivity contribution < 1.29 is 9.53 Å². The fourth-order valence-corrected chi connectivity index (χ4v) is 3.89. The van der Waals surface area contributed by atoms with Crippen LogP contribution in [0, 0.1) is 5.92 Å². The Morgan fingerprint density at radius 3 is 3.11 bits per heavy atom. The minimum Gasteiger partial charge on any atom is -0.383 e. The zero-order valence-electron chi connectivity index (χ0n) is 11.2. The molecule has 2 N–H and O–H groups in total. The number of carbonyl (C=O) groups excluding carboxylic acids is 1. The Balaban J connectivity index is 1.83. The van der Waals surface area contributed by atoms with Gasteiger partial charge in [0.15, 0.2) is 0 Å². The molecule has 1 fully saturated rings. The molecule has 19 heavy (non-hydrogen) atoms. The molecule has 1 aromatic rings. The van der Waals surface area contributed by atoms with Crippen LogP contribution < -0.4 is 5.73 Å². The maximum atomic E-state index is 12.5. The topological polar surface area (TPSA) is 55.6 Å². The van der Waals surface area contributed by atoms with Crippen molar-refractivity contribution in [3.63, 3.8) is 0 Å². The molecule has 2 atom stereocenters. The van der Waals surface area contributed by atoms with Gasteiger partial charge in [-0.1, -0.05) is 0 Å². The molecule has 5 heteroatoms. The van der Waals surface area contributed by atoms with E-state index in [1.54, 1.807) is 7.11 Å². The number of hydrogen-bond donors (Lipinski definition) is 1. The van der Waals surface area contributed by atoms with Gasteiger partial charge in [-0.3, -0.25) is 4.79 Å². The number of rotatable bonds is 4. The molecule has 0 bridgehead atoms. The van der Waals surface area contributed by atoms with Crippen LogP contribution in [0.15, 0.2) is 11.4 Å². The van der Waals surface area contributed by atoms with E-state index in [0.29, 0.717) is 12.5 Å². The Labute approximate surface area is 117 Å². The highest BCUT2D eigenvalue weighted by molar-refractivity contribution is 7.10. The molecule has 104 valence electrons. The Kier molecular flexibility index (Phi) is 3.60. The predicted octanol–water partition coefficient (Wildman–Crippen LogP) is 1.56. The monoisotopic (exact) mass is 280 g/mol. The van der Waals surface area contributed by atoms with E-state index in [1.807, 2.05) is 16.2 Å². The average Bonchev–Trinajstić information content (AvgIpc) is 3.13. The maximum absolute atomic E-state index is 12.5. The summed E-state index contributed by atoms with van der Waals surface area (Å²) in [5, 5.41) is 2.14. The molecule has 0 radical (unpaired) electrons. The van der Waals surface area contributed by atoms with E-state index in [-0.39, 0.29) is 11.9 Å². The number of hydrogen-bond acceptors (Lipinski definition) is 4. The van der Waals surface area contributed by atoms with Gasteiger partial charge < -0.3 is 15.4 Å². The lowest BCUT2D eigenvalue weighted by atomic mass is 9.95. The molecule has 0 saturated heterocycles. The normalized spacial score (nSPS) is 24.1. The summed E-state index contributed by atoms with van der Waals surface area (Å²) in [6.07, 6.45) is 3.41. The molecule has 4 nitrogen and oxygen atoms in total. The minimum absolute atomic E-state index is 0.0376. The van der Waals surface area contributed by atoms with Gasteiger partial charge in [0.2, 0.25) is 5.91 Å². The number of ether oxygens (including phenoxy) is 1. The van der Waals surface area contributed by atoms with Gasteiger partial charge >= 0.3 is 0 Å². The smallest absolute Gasteiger partial charge is 0.242 e. The molecule has 3 rings (SSSR count). The summed E-state index contributed by atoms with van der Waals surface area (Å²) in [4.78, 5) is 15.9. The van der Waals surface area contributed by atoms with Crippen LogP contribution in [0.4, 0.5) is 0 Å². The summed E-state index contributed by atoms with van der Waals surface area (Å²) in [5.74, 6) is 0.669. The highest BCUT2D eigenvalue weighted by Crippen LogP contribution is 2.48. The molecule has 1 aliphatic heterocycles. The Bertz CT molecular complexity index is 470. The number of thiophene rings is 1. The number of methoxy groups -OCH3 is 1. The summed E-state index contributed by atoms with van der Waals surface area (Å²) in [6.45, 7) is 1.09. The van der Waals surface area contributed by atoms with E-state index in [1.165, 1.54) is 23.3 Å². The van der Waals surface area contributed by atoms with Crippen LogP contribution in [0.2, 0.25) is 0 Å². The van der Waals surface area contributed by atoms with Crippen LogP contribution in [0.5, 0.6) is 0 Å². The van der Waals surface area contributed by atoms with Crippen LogP contribution >= 0.6 is 11.3 Å². The molecule has 0 aromatic carbocycles. The van der Waals surface area contributed by atoms with Crippen molar-refractivity contribution in [2.45, 2.75) is 31.3 Å². The zero-order valence-corrected chi connectivity index (χ0v) is 12.0. The van der Waals surface area contributed by atoms with E-state index in [0.717, 1.165) is 13.0 Å². The van der Waals surface area contributed by atoms with Gasteiger partial charge in [0.25, 0.3) is 0 Å². The zero-order chi connectivity index (χ0) is 13.4. The summed E-state index contributed by atoms with van der Waals surface area (Å²) < 4.78 is 5.01. The minimum atomic E-state index is -0.536. The second kappa shape index (κ2) is 5.23. The quantitative estimate of drug-likeness (QED) is 0.910. The van der Waals surface area contributed by atoms with Crippen molar-refractivity contribution >= 4 is 17.2 Å². The third-order valence-corrected chi connectivity index (χ3v) is 5.03. The Hall–Kier alpha value is -0.910. The SMILES string of the molecule is COCC(N)C(=O)N1CCc2sccc2C1C1CC1. The summed E-state index contributed by atoms with van der Waals surface area (Å²) in [5.41, 5.74) is 7.28. The molecule has 2 heterocycles. The van der Waals surface area contributed by atoms with Gasteiger partial charge in [0.1, 0.15) is 6.04 Å². The fraction of sp³-hybridized carbons (Fsp3) is 0.643. The van der Waals surface area contributed by atoms with E-state index < -0.39 is 6.04 Å². The first-order valence-corrected chi connectivity index (χ1v) is 7.71. The molecular formula is C14H20N2O2S. The Morgan fingerprint density at radius 2 is 2.42 bits per heavy atom. The van der Waals surface area contributed by atoms with E-state index in [9.17, 15) is 4.79 Å². The van der Waals surface area contributed by atoms with E-state index in [2.05, 4.69) is 11.4 Å². The Morgan fingerprint density at radius 1 is 1.63 bits per heavy atom. The molecule has 1 saturated carbocycles. The largest absolute Gasteiger partial charge is 0.383 e. The van der Waals surface area contributed by atoms with Gasteiger partial charge in [-0.15, -0.1) is 11.3 Å². The lowest BCUT2D eigenvalue weighted by Crippen LogP contribution is -2.50. The third-order valence-electron chi connectivity index (χ3n) is 4.03. The highest BCUT2D eigenvalue weighted by Gasteiger charge is 2.42. The summed E-state index contributed by atoms with van der Waals surface area (Å²) in [7, 11) is 1.58. The average molecular weight is 280 g/mol. The van der Waals surface area contributed by atoms with Gasteiger partial charge in [0.05, 0.1) is 12.6 Å². The van der Waals surface area contributed by atoms with Gasteiger partial charge in [0, 0.05) is 18.5 Å². The van der Waals surface area contributed by atoms with Crippen molar-refractivity contribution in [1.82, 2.24) is 4.90 Å². The summed E-state index contributed by atoms with van der Waals surface area (Å²) in [6, 6.07) is 1.90. The lowest BCUT2D eigenvalue weighted by Gasteiger charge is -2.37. The van der Waals surface area contributed by atoms with Crippen LogP contribution in [0.3, 0.4) is 0 Å². The molecule has 2 unspecified atom stereocenters. The van der Waals surface area contributed by atoms with Crippen molar-refractivity contribution in [1.29, 1.82) is 0 Å². The first-order chi connectivity index (χ1) is 9.22. The van der Waals surface area contributed by atoms with Gasteiger partial charge in [-0.25, -0.2) is 0 Å². The van der Waals surface area contributed by atoms with Crippen molar-refractivity contribution in [3.8, 4) is 0 Å². The summed E-state index contributed by atoms with van der Waals surface area (Å²) >= 11 is 1.81. The van der Waals surface area contributed by atoms with E-state index >= 15 is 0 Å². The number of nitrogens with zero attached hydrogens (tertiary/aromatic N) is 1. The van der Waals surface area contributed by atoms with Crippen molar-refractivity contribution in [2.75, 3.05) is 20.3 Å². The van der Waals surface area contributed by atoms with Crippen LogP contribution in [-0.2, 0) is 16.0 Å². The third kappa shape index (κ3) is 2.42. The van der Waals surface area contributed by atoms with Crippen LogP contribution in [0.25, 0.3) is 0 Å². The predicted molar refractivity (Wildman–Crippen MR) is 75.1 cm³/mol. The fourth-order valence-electron chi connectivity index (χ4n) is 2.98. The lowest BCUT2D eigenvalue weighted by molar-refractivity contribution is -0.137. The second-order valence-corrected chi connectivity index (χ2v) is 6.43. The standard InChI is InChI=1S/C14H20N2O2S/c1-18-8-11(15)14(17)16-6-4-12-10(5-7-19-12)13(16)9-2-3-9/h5,7,9,11,13H,2-4,6,8,15H2,1H3. The van der Waals surface area contributed by atoms with Crippen molar-refractivity contribution in [2.24, 2.45) is 11.7 Å². The molecule has 1 aromatic heterocycles. The van der Waals surface area contributed by atoms with Gasteiger partial charge in [-0.05, 0) is 42.2 Å². The number of fused-ring (bicyclic) bond motifs is 1.